The minimum atomic E-state index is -0.820. The Morgan fingerprint density at radius 1 is 0.462 bits per heavy atom. The van der Waals surface area contributed by atoms with Crippen LogP contribution >= 0.6 is 0 Å². The van der Waals surface area contributed by atoms with Gasteiger partial charge in [-0.1, -0.05) is 24.3 Å². The van der Waals surface area contributed by atoms with Crippen LogP contribution in [0, 0.1) is 40.5 Å². The summed E-state index contributed by atoms with van der Waals surface area (Å²) in [6.07, 6.45) is 0. The van der Waals surface area contributed by atoms with Crippen LogP contribution in [0.15, 0.2) is 109 Å². The lowest BCUT2D eigenvalue weighted by Gasteiger charge is -2.10. The maximum atomic E-state index is 12.6. The summed E-state index contributed by atoms with van der Waals surface area (Å²) in [6.45, 7) is 0.447. The molecule has 18 nitrogen and oxygen atoms in total. The largest absolute Gasteiger partial charge is 0.489 e. The smallest absolute Gasteiger partial charge is 0.277 e. The van der Waals surface area contributed by atoms with Crippen molar-refractivity contribution in [2.45, 2.75) is 13.2 Å². The highest BCUT2D eigenvalue weighted by Crippen LogP contribution is 2.26. The van der Waals surface area contributed by atoms with Gasteiger partial charge in [0.05, 0.1) is 43.0 Å². The Bertz CT molecular complexity index is 1970. The second-order valence-corrected chi connectivity index (χ2v) is 10.9. The fourth-order valence-corrected chi connectivity index (χ4v) is 4.61. The molecule has 0 radical (unpaired) electrons. The maximum absolute atomic E-state index is 12.6. The molecule has 0 aliphatic rings. The second kappa shape index (κ2) is 15.6. The van der Waals surface area contributed by atoms with Gasteiger partial charge < -0.3 is 20.1 Å². The monoisotopic (exact) mass is 708 g/mol. The molecular formula is C34H24N6O12. The molecule has 18 heteroatoms. The van der Waals surface area contributed by atoms with E-state index in [1.807, 2.05) is 24.3 Å². The summed E-state index contributed by atoms with van der Waals surface area (Å²) >= 11 is 0. The Kier molecular flexibility index (Phi) is 10.7. The van der Waals surface area contributed by atoms with Crippen LogP contribution < -0.4 is 20.1 Å². The highest BCUT2D eigenvalue weighted by atomic mass is 16.6. The van der Waals surface area contributed by atoms with Crippen LogP contribution in [0.5, 0.6) is 11.5 Å². The Morgan fingerprint density at radius 3 is 1.02 bits per heavy atom. The second-order valence-electron chi connectivity index (χ2n) is 10.9. The summed E-state index contributed by atoms with van der Waals surface area (Å²) < 4.78 is 11.6. The van der Waals surface area contributed by atoms with E-state index in [1.54, 1.807) is 48.5 Å². The van der Waals surface area contributed by atoms with Gasteiger partial charge in [-0.05, 0) is 59.7 Å². The molecule has 5 rings (SSSR count). The van der Waals surface area contributed by atoms with Gasteiger partial charge in [0.25, 0.3) is 34.6 Å². The quantitative estimate of drug-likeness (QED) is 0.0875. The van der Waals surface area contributed by atoms with Crippen molar-refractivity contribution in [3.63, 3.8) is 0 Å². The zero-order chi connectivity index (χ0) is 37.4. The molecule has 0 aliphatic carbocycles. The molecule has 0 saturated heterocycles. The predicted molar refractivity (Wildman–Crippen MR) is 183 cm³/mol. The van der Waals surface area contributed by atoms with E-state index in [0.717, 1.165) is 47.5 Å². The van der Waals surface area contributed by atoms with Crippen molar-refractivity contribution in [1.82, 2.24) is 0 Å². The van der Waals surface area contributed by atoms with Crippen LogP contribution in [0.4, 0.5) is 34.1 Å². The normalized spacial score (nSPS) is 10.5. The van der Waals surface area contributed by atoms with Gasteiger partial charge in [0.2, 0.25) is 0 Å². The topological polar surface area (TPSA) is 249 Å². The maximum Gasteiger partial charge on any atom is 0.277 e. The van der Waals surface area contributed by atoms with Crippen molar-refractivity contribution < 1.29 is 38.8 Å². The van der Waals surface area contributed by atoms with Gasteiger partial charge in [0.15, 0.2) is 0 Å². The van der Waals surface area contributed by atoms with Crippen LogP contribution in [0.25, 0.3) is 0 Å². The van der Waals surface area contributed by atoms with Crippen LogP contribution in [0.1, 0.15) is 31.8 Å². The first kappa shape index (κ1) is 35.5. The molecule has 0 heterocycles. The Morgan fingerprint density at radius 2 is 0.750 bits per heavy atom. The van der Waals surface area contributed by atoms with E-state index in [9.17, 15) is 50.0 Å². The number of nitrogens with zero attached hydrogens (tertiary/aromatic N) is 4. The third kappa shape index (κ3) is 9.23. The molecule has 0 saturated carbocycles. The van der Waals surface area contributed by atoms with Crippen molar-refractivity contribution in [2.75, 3.05) is 10.6 Å². The average Bonchev–Trinajstić information content (AvgIpc) is 3.14. The fourth-order valence-electron chi connectivity index (χ4n) is 4.61. The van der Waals surface area contributed by atoms with Gasteiger partial charge in [0.1, 0.15) is 24.7 Å². The number of nitrogens with one attached hydrogen (secondary N) is 2. The number of amides is 2. The van der Waals surface area contributed by atoms with E-state index in [0.29, 0.717) is 22.9 Å². The van der Waals surface area contributed by atoms with E-state index in [2.05, 4.69) is 10.6 Å². The lowest BCUT2D eigenvalue weighted by Crippen LogP contribution is -2.12. The van der Waals surface area contributed by atoms with Gasteiger partial charge in [-0.25, -0.2) is 0 Å². The van der Waals surface area contributed by atoms with Crippen molar-refractivity contribution in [3.05, 3.63) is 172 Å². The van der Waals surface area contributed by atoms with Crippen molar-refractivity contribution in [1.29, 1.82) is 0 Å². The van der Waals surface area contributed by atoms with E-state index < -0.39 is 54.3 Å². The Labute approximate surface area is 291 Å². The van der Waals surface area contributed by atoms with E-state index in [-0.39, 0.29) is 24.3 Å². The number of non-ortho nitro benzene ring substituents is 4. The Balaban J connectivity index is 1.09. The molecule has 5 aromatic carbocycles. The molecule has 0 fully saturated rings. The highest BCUT2D eigenvalue weighted by Gasteiger charge is 2.21. The standard InChI is InChI=1S/C34H24N6O12/c41-33(23-13-27(37(43)44)17-28(14-23)38(45)46)35-25-5-9-31(10-6-25)51-19-21-1-2-22(4-3-21)20-52-32-11-7-26(8-12-32)36-34(42)24-15-29(39(47)48)18-30(16-24)40(49)50/h1-18H,19-20H2,(H,35,41)(H,36,42). The average molecular weight is 709 g/mol. The van der Waals surface area contributed by atoms with E-state index >= 15 is 0 Å². The van der Waals surface area contributed by atoms with Crippen molar-refractivity contribution in [3.8, 4) is 11.5 Å². The SMILES string of the molecule is O=C(Nc1ccc(OCc2ccc(COc3ccc(NC(=O)c4cc([N+](=O)[O-])cc([N+](=O)[O-])c4)cc3)cc2)cc1)c1cc([N+](=O)[O-])cc([N+](=O)[O-])c1. The molecule has 262 valence electrons. The minimum Gasteiger partial charge on any atom is -0.489 e. The summed E-state index contributed by atoms with van der Waals surface area (Å²) in [6, 6.07) is 25.3. The van der Waals surface area contributed by atoms with Crippen molar-refractivity contribution in [2.24, 2.45) is 0 Å². The number of carbonyl (C=O) groups excluding carboxylic acids is 2. The lowest BCUT2D eigenvalue weighted by molar-refractivity contribution is -0.394. The number of nitro benzene ring substituents is 4. The molecule has 52 heavy (non-hydrogen) atoms. The van der Waals surface area contributed by atoms with Gasteiger partial charge in [-0.3, -0.25) is 50.0 Å². The van der Waals surface area contributed by atoms with Crippen molar-refractivity contribution >= 4 is 45.9 Å². The number of benzene rings is 5. The molecule has 0 spiro atoms. The van der Waals surface area contributed by atoms with Crippen LogP contribution in [0.2, 0.25) is 0 Å². The van der Waals surface area contributed by atoms with Gasteiger partial charge >= 0.3 is 0 Å². The number of anilines is 2. The number of carbonyl (C=O) groups is 2. The third-order valence-corrected chi connectivity index (χ3v) is 7.23. The van der Waals surface area contributed by atoms with E-state index in [4.69, 9.17) is 9.47 Å². The number of nitro groups is 4. The number of ether oxygens (including phenoxy) is 2. The molecule has 0 aliphatic heterocycles. The zero-order valence-corrected chi connectivity index (χ0v) is 26.5. The van der Waals surface area contributed by atoms with Crippen LogP contribution in [-0.4, -0.2) is 31.5 Å². The van der Waals surface area contributed by atoms with Crippen LogP contribution in [-0.2, 0) is 13.2 Å². The summed E-state index contributed by atoms with van der Waals surface area (Å²) in [5, 5.41) is 49.5. The molecular weight excluding hydrogens is 684 g/mol. The van der Waals surface area contributed by atoms with Crippen LogP contribution in [0.3, 0.4) is 0 Å². The molecule has 5 aromatic rings. The molecule has 2 amide bonds. The fraction of sp³-hybridized carbons (Fsp3) is 0.0588. The van der Waals surface area contributed by atoms with Gasteiger partial charge in [-0.15, -0.1) is 0 Å². The minimum absolute atomic E-state index is 0.223. The molecule has 2 N–H and O–H groups in total. The Hall–Kier alpha value is -7.76. The first-order valence-electron chi connectivity index (χ1n) is 14.9. The number of hydrogen-bond acceptors (Lipinski definition) is 12. The predicted octanol–water partition coefficient (Wildman–Crippen LogP) is 6.98. The summed E-state index contributed by atoms with van der Waals surface area (Å²) in [7, 11) is 0. The summed E-state index contributed by atoms with van der Waals surface area (Å²) in [4.78, 5) is 66.4. The number of rotatable bonds is 14. The third-order valence-electron chi connectivity index (χ3n) is 7.23. The van der Waals surface area contributed by atoms with Gasteiger partial charge in [0, 0.05) is 35.6 Å². The lowest BCUT2D eigenvalue weighted by atomic mass is 10.1. The molecule has 0 atom stereocenters. The number of hydrogen-bond donors (Lipinski definition) is 2. The molecule has 0 aromatic heterocycles. The highest BCUT2D eigenvalue weighted by molar-refractivity contribution is 6.05. The first-order valence-corrected chi connectivity index (χ1v) is 14.9. The van der Waals surface area contributed by atoms with Gasteiger partial charge in [-0.2, -0.15) is 0 Å². The molecule has 0 bridgehead atoms. The summed E-state index contributed by atoms with van der Waals surface area (Å²) in [5.41, 5.74) is -0.438. The first-order chi connectivity index (χ1) is 24.8. The van der Waals surface area contributed by atoms with E-state index in [1.165, 1.54) is 0 Å². The molecule has 0 unspecified atom stereocenters. The zero-order valence-electron chi connectivity index (χ0n) is 26.5. The summed E-state index contributed by atoms with van der Waals surface area (Å²) in [5.74, 6) is -0.547.